The van der Waals surface area contributed by atoms with Crippen molar-refractivity contribution in [3.63, 3.8) is 0 Å². The molecule has 9 heteroatoms. The zero-order valence-electron chi connectivity index (χ0n) is 13.5. The summed E-state index contributed by atoms with van der Waals surface area (Å²) in [6, 6.07) is 3.14. The molecule has 1 aliphatic rings. The van der Waals surface area contributed by atoms with Gasteiger partial charge in [0.2, 0.25) is 5.88 Å². The van der Waals surface area contributed by atoms with E-state index in [1.807, 2.05) is 4.90 Å². The van der Waals surface area contributed by atoms with Gasteiger partial charge >= 0.3 is 11.8 Å². The highest BCUT2D eigenvalue weighted by molar-refractivity contribution is 6.39. The number of pyridine rings is 1. The molecule has 1 saturated heterocycles. The van der Waals surface area contributed by atoms with Gasteiger partial charge < -0.3 is 25.2 Å². The van der Waals surface area contributed by atoms with E-state index < -0.39 is 17.9 Å². The van der Waals surface area contributed by atoms with Crippen molar-refractivity contribution in [2.24, 2.45) is 0 Å². The van der Waals surface area contributed by atoms with Gasteiger partial charge in [0.1, 0.15) is 0 Å². The molecule has 0 spiro atoms. The number of aromatic nitrogens is 1. The molecule has 2 rings (SSSR count). The number of ether oxygens (including phenoxy) is 2. The number of hydrogen-bond acceptors (Lipinski definition) is 7. The number of methoxy groups -OCH3 is 1. The summed E-state index contributed by atoms with van der Waals surface area (Å²) < 4.78 is 10.1. The number of aliphatic hydroxyl groups excluding tert-OH is 1. The number of amides is 2. The lowest BCUT2D eigenvalue weighted by molar-refractivity contribution is -0.136. The Morgan fingerprint density at radius 1 is 1.38 bits per heavy atom. The van der Waals surface area contributed by atoms with Crippen molar-refractivity contribution < 1.29 is 24.2 Å². The van der Waals surface area contributed by atoms with Crippen LogP contribution < -0.4 is 15.4 Å². The number of nitrogens with one attached hydrogen (secondary N) is 2. The lowest BCUT2D eigenvalue weighted by atomic mass is 10.3. The topological polar surface area (TPSA) is 113 Å². The van der Waals surface area contributed by atoms with Crippen LogP contribution in [0, 0.1) is 0 Å². The van der Waals surface area contributed by atoms with Crippen LogP contribution in [0.5, 0.6) is 5.88 Å². The summed E-state index contributed by atoms with van der Waals surface area (Å²) in [6.45, 7) is 3.19. The van der Waals surface area contributed by atoms with Gasteiger partial charge in [-0.15, -0.1) is 0 Å². The first-order chi connectivity index (χ1) is 11.6. The number of aliphatic hydroxyl groups is 1. The van der Waals surface area contributed by atoms with Gasteiger partial charge in [0, 0.05) is 32.2 Å². The molecular formula is C15H22N4O5. The molecule has 9 nitrogen and oxygen atoms in total. The van der Waals surface area contributed by atoms with Gasteiger partial charge in [-0.25, -0.2) is 4.98 Å². The van der Waals surface area contributed by atoms with Gasteiger partial charge in [-0.3, -0.25) is 14.5 Å². The molecule has 24 heavy (non-hydrogen) atoms. The second-order valence-electron chi connectivity index (χ2n) is 5.32. The Morgan fingerprint density at radius 3 is 2.75 bits per heavy atom. The van der Waals surface area contributed by atoms with Crippen molar-refractivity contribution >= 4 is 17.5 Å². The third-order valence-electron chi connectivity index (χ3n) is 3.48. The van der Waals surface area contributed by atoms with Crippen LogP contribution in [-0.4, -0.2) is 79.4 Å². The van der Waals surface area contributed by atoms with Crippen LogP contribution in [0.1, 0.15) is 0 Å². The molecule has 0 aromatic carbocycles. The molecule has 1 aromatic rings. The highest BCUT2D eigenvalue weighted by Crippen LogP contribution is 2.10. The van der Waals surface area contributed by atoms with Crippen LogP contribution in [0.15, 0.2) is 18.3 Å². The minimum Gasteiger partial charge on any atom is -0.481 e. The number of hydrogen-bond donors (Lipinski definition) is 3. The average molecular weight is 338 g/mol. The summed E-state index contributed by atoms with van der Waals surface area (Å²) in [5.74, 6) is -1.23. The van der Waals surface area contributed by atoms with E-state index in [0.717, 1.165) is 13.1 Å². The summed E-state index contributed by atoms with van der Waals surface area (Å²) in [5.41, 5.74) is 0.379. The zero-order valence-corrected chi connectivity index (χ0v) is 13.5. The molecule has 1 atom stereocenters. The summed E-state index contributed by atoms with van der Waals surface area (Å²) in [5, 5.41) is 14.8. The molecule has 1 aliphatic heterocycles. The summed E-state index contributed by atoms with van der Waals surface area (Å²) in [7, 11) is 1.48. The fourth-order valence-corrected chi connectivity index (χ4v) is 2.20. The molecule has 0 bridgehead atoms. The largest absolute Gasteiger partial charge is 0.481 e. The Balaban J connectivity index is 1.71. The third kappa shape index (κ3) is 5.76. The molecule has 0 radical (unpaired) electrons. The number of β-amino-alcohol motifs (C(OH)–C–C–N with tert-alkyl or cyclic N) is 1. The Bertz CT molecular complexity index is 545. The van der Waals surface area contributed by atoms with Gasteiger partial charge in [0.25, 0.3) is 0 Å². The summed E-state index contributed by atoms with van der Waals surface area (Å²) in [6.07, 6.45) is 0.639. The number of carbonyl (C=O) groups is 2. The van der Waals surface area contributed by atoms with Crippen LogP contribution >= 0.6 is 0 Å². The van der Waals surface area contributed by atoms with E-state index in [1.165, 1.54) is 13.3 Å². The number of carbonyl (C=O) groups excluding carboxylic acids is 2. The standard InChI is InChI=1S/C15H22N4O5/c1-23-13-3-2-11(8-16-13)18-15(22)14(21)17-9-12(20)10-19-4-6-24-7-5-19/h2-3,8,12,20H,4-7,9-10H2,1H3,(H,17,21)(H,18,22). The maximum atomic E-state index is 11.8. The van der Waals surface area contributed by atoms with E-state index in [9.17, 15) is 14.7 Å². The van der Waals surface area contributed by atoms with E-state index in [-0.39, 0.29) is 6.54 Å². The molecule has 1 unspecified atom stereocenters. The fraction of sp³-hybridized carbons (Fsp3) is 0.533. The number of nitrogens with zero attached hydrogens (tertiary/aromatic N) is 2. The predicted octanol–water partition coefficient (Wildman–Crippen LogP) is -1.16. The van der Waals surface area contributed by atoms with Crippen molar-refractivity contribution in [3.05, 3.63) is 18.3 Å². The van der Waals surface area contributed by atoms with Crippen LogP contribution in [0.4, 0.5) is 5.69 Å². The number of anilines is 1. The lowest BCUT2D eigenvalue weighted by Crippen LogP contribution is -2.46. The van der Waals surface area contributed by atoms with E-state index in [0.29, 0.717) is 31.3 Å². The molecule has 0 aliphatic carbocycles. The second-order valence-corrected chi connectivity index (χ2v) is 5.32. The van der Waals surface area contributed by atoms with E-state index in [4.69, 9.17) is 9.47 Å². The monoisotopic (exact) mass is 338 g/mol. The van der Waals surface area contributed by atoms with Crippen LogP contribution in [0.2, 0.25) is 0 Å². The molecular weight excluding hydrogens is 316 g/mol. The lowest BCUT2D eigenvalue weighted by Gasteiger charge is -2.28. The Hall–Kier alpha value is -2.23. The molecule has 3 N–H and O–H groups in total. The van der Waals surface area contributed by atoms with E-state index in [1.54, 1.807) is 12.1 Å². The smallest absolute Gasteiger partial charge is 0.313 e. The zero-order chi connectivity index (χ0) is 17.4. The Kier molecular flexibility index (Phi) is 6.91. The number of rotatable bonds is 6. The molecule has 0 saturated carbocycles. The van der Waals surface area contributed by atoms with Crippen molar-refractivity contribution in [3.8, 4) is 5.88 Å². The van der Waals surface area contributed by atoms with Crippen molar-refractivity contribution in [1.82, 2.24) is 15.2 Å². The second kappa shape index (κ2) is 9.16. The highest BCUT2D eigenvalue weighted by atomic mass is 16.5. The van der Waals surface area contributed by atoms with Crippen molar-refractivity contribution in [2.45, 2.75) is 6.10 Å². The minimum atomic E-state index is -0.819. The first-order valence-electron chi connectivity index (χ1n) is 7.66. The summed E-state index contributed by atoms with van der Waals surface area (Å²) in [4.78, 5) is 29.5. The van der Waals surface area contributed by atoms with E-state index >= 15 is 0 Å². The maximum Gasteiger partial charge on any atom is 0.313 e. The molecule has 1 fully saturated rings. The molecule has 132 valence electrons. The highest BCUT2D eigenvalue weighted by Gasteiger charge is 2.18. The molecule has 2 amide bonds. The maximum absolute atomic E-state index is 11.8. The predicted molar refractivity (Wildman–Crippen MR) is 85.7 cm³/mol. The molecule has 2 heterocycles. The third-order valence-corrected chi connectivity index (χ3v) is 3.48. The van der Waals surface area contributed by atoms with Crippen LogP contribution in [0.3, 0.4) is 0 Å². The van der Waals surface area contributed by atoms with Gasteiger partial charge in [0.15, 0.2) is 0 Å². The van der Waals surface area contributed by atoms with Gasteiger partial charge in [0.05, 0.1) is 38.3 Å². The van der Waals surface area contributed by atoms with E-state index in [2.05, 4.69) is 15.6 Å². The van der Waals surface area contributed by atoms with Crippen LogP contribution in [-0.2, 0) is 14.3 Å². The first kappa shape index (κ1) is 18.1. The normalized spacial score (nSPS) is 16.2. The fourth-order valence-electron chi connectivity index (χ4n) is 2.20. The van der Waals surface area contributed by atoms with Crippen molar-refractivity contribution in [2.75, 3.05) is 51.8 Å². The minimum absolute atomic E-state index is 0.00444. The molecule has 1 aromatic heterocycles. The van der Waals surface area contributed by atoms with Gasteiger partial charge in [-0.2, -0.15) is 0 Å². The SMILES string of the molecule is COc1ccc(NC(=O)C(=O)NCC(O)CN2CCOCC2)cn1. The van der Waals surface area contributed by atoms with Crippen molar-refractivity contribution in [1.29, 1.82) is 0 Å². The first-order valence-corrected chi connectivity index (χ1v) is 7.66. The van der Waals surface area contributed by atoms with Gasteiger partial charge in [-0.1, -0.05) is 0 Å². The Labute approximate surface area is 139 Å². The Morgan fingerprint density at radius 2 is 2.12 bits per heavy atom. The summed E-state index contributed by atoms with van der Waals surface area (Å²) >= 11 is 0. The van der Waals surface area contributed by atoms with Gasteiger partial charge in [-0.05, 0) is 6.07 Å². The quantitative estimate of drug-likeness (QED) is 0.561. The number of morpholine rings is 1. The van der Waals surface area contributed by atoms with Crippen LogP contribution in [0.25, 0.3) is 0 Å². The average Bonchev–Trinajstić information content (AvgIpc) is 2.61.